The maximum atomic E-state index is 5.88. The van der Waals surface area contributed by atoms with E-state index in [0.29, 0.717) is 0 Å². The zero-order valence-corrected chi connectivity index (χ0v) is 31.5. The van der Waals surface area contributed by atoms with Gasteiger partial charge < -0.3 is 9.55 Å². The predicted molar refractivity (Wildman–Crippen MR) is 232 cm³/mol. The fourth-order valence-electron chi connectivity index (χ4n) is 7.33. The Morgan fingerprint density at radius 1 is 0.439 bits per heavy atom. The van der Waals surface area contributed by atoms with Crippen LogP contribution in [-0.2, 0) is 17.1 Å². The molecule has 4 nitrogen and oxygen atoms in total. The quantitative estimate of drug-likeness (QED) is 0.143. The average Bonchev–Trinajstić information content (AvgIpc) is 4.06. The van der Waals surface area contributed by atoms with Gasteiger partial charge in [-0.3, -0.25) is 0 Å². The Balaban J connectivity index is 0.00000455. The number of nitrogens with one attached hydrogen (secondary N) is 1. The van der Waals surface area contributed by atoms with Crippen LogP contribution in [0.15, 0.2) is 127 Å². The third-order valence-corrected chi connectivity index (χ3v) is 9.98. The van der Waals surface area contributed by atoms with Crippen molar-refractivity contribution in [2.45, 2.75) is 0 Å². The van der Waals surface area contributed by atoms with Crippen molar-refractivity contribution in [1.82, 2.24) is 19.5 Å². The Kier molecular flexibility index (Phi) is 9.64. The number of hydrogen-bond donors (Lipinski definition) is 1. The van der Waals surface area contributed by atoms with E-state index in [4.69, 9.17) is 35.7 Å². The van der Waals surface area contributed by atoms with Crippen LogP contribution in [-0.4, -0.2) is 19.5 Å². The SMILES string of the molecule is C#Cc1ccc(-c2c(-c3ccc(C#C)cc3)c3c(-c4ccc(C#C)cc4)c4nc(cc5ccc(cc6nc(cc2n3-c2ccc(C#C)cc2)C=C6)[nH]5)C=C4)cc1.[Fe]. The van der Waals surface area contributed by atoms with E-state index in [2.05, 4.69) is 93.9 Å². The Labute approximate surface area is 342 Å². The van der Waals surface area contributed by atoms with Crippen molar-refractivity contribution < 1.29 is 17.1 Å². The monoisotopic (exact) mass is 766 g/mol. The molecule has 266 valence electrons. The average molecular weight is 767 g/mol. The summed E-state index contributed by atoms with van der Waals surface area (Å²) in [5.41, 5.74) is 16.6. The molecule has 0 saturated heterocycles. The van der Waals surface area contributed by atoms with Crippen molar-refractivity contribution in [3.63, 3.8) is 0 Å². The summed E-state index contributed by atoms with van der Waals surface area (Å²) >= 11 is 0. The van der Waals surface area contributed by atoms with Crippen molar-refractivity contribution in [3.05, 3.63) is 172 Å². The minimum absolute atomic E-state index is 0. The summed E-state index contributed by atoms with van der Waals surface area (Å²) in [6.07, 6.45) is 31.7. The normalized spacial score (nSPS) is 11.2. The molecule has 0 aliphatic carbocycles. The van der Waals surface area contributed by atoms with Crippen LogP contribution in [0.1, 0.15) is 45.0 Å². The van der Waals surface area contributed by atoms with E-state index < -0.39 is 0 Å². The van der Waals surface area contributed by atoms with Gasteiger partial charge in [-0.2, -0.15) is 0 Å². The van der Waals surface area contributed by atoms with Gasteiger partial charge in [0.25, 0.3) is 0 Å². The standard InChI is InChI=1S/C52H30N4.Fe/c1-5-34-9-17-38(18-10-34)49-47-30-27-44(55-47)32-43-24-23-41(53-43)31-42-25-26-45(54-42)33-48-50(39-19-11-35(6-2)12-20-39)51(40-21-13-36(7-3)14-22-40)52(49)56(48)46-28-15-37(8-4)16-29-46;/h1-4,9-33,53H;. The fraction of sp³-hybridized carbons (Fsp3) is 0. The second kappa shape index (κ2) is 15.2. The first-order chi connectivity index (χ1) is 27.5. The molecule has 0 fully saturated rings. The van der Waals surface area contributed by atoms with Crippen LogP contribution in [0, 0.1) is 49.4 Å². The number of benzene rings is 4. The molecule has 4 aromatic carbocycles. The molecule has 7 aromatic rings. The largest absolute Gasteiger partial charge is 0.355 e. The molecule has 2 aliphatic heterocycles. The Morgan fingerprint density at radius 3 is 1.37 bits per heavy atom. The molecule has 2 aliphatic rings. The van der Waals surface area contributed by atoms with Gasteiger partial charge >= 0.3 is 0 Å². The Bertz CT molecular complexity index is 3130. The Morgan fingerprint density at radius 2 is 0.860 bits per heavy atom. The first-order valence-corrected chi connectivity index (χ1v) is 18.0. The minimum atomic E-state index is 0. The van der Waals surface area contributed by atoms with Crippen LogP contribution < -0.4 is 0 Å². The molecular formula is C52H30FeN4. The molecule has 0 unspecified atom stereocenters. The van der Waals surface area contributed by atoms with Crippen LogP contribution >= 0.6 is 0 Å². The van der Waals surface area contributed by atoms with Gasteiger partial charge in [-0.1, -0.05) is 60.1 Å². The molecule has 3 aromatic heterocycles. The molecule has 1 N–H and O–H groups in total. The van der Waals surface area contributed by atoms with Gasteiger partial charge in [-0.25, -0.2) is 9.97 Å². The molecule has 5 heteroatoms. The smallest absolute Gasteiger partial charge is 0.0737 e. The van der Waals surface area contributed by atoms with E-state index >= 15 is 0 Å². The van der Waals surface area contributed by atoms with Gasteiger partial charge in [0.15, 0.2) is 0 Å². The first-order valence-electron chi connectivity index (χ1n) is 18.0. The van der Waals surface area contributed by atoms with Gasteiger partial charge in [0.1, 0.15) is 0 Å². The number of rotatable bonds is 4. The van der Waals surface area contributed by atoms with Crippen molar-refractivity contribution in [2.24, 2.45) is 0 Å². The van der Waals surface area contributed by atoms with Crippen LogP contribution in [0.4, 0.5) is 0 Å². The number of H-pyrrole nitrogens is 1. The Hall–Kier alpha value is -7.76. The van der Waals surface area contributed by atoms with Crippen molar-refractivity contribution >= 4 is 46.4 Å². The first kappa shape index (κ1) is 36.2. The van der Waals surface area contributed by atoms with Gasteiger partial charge in [0, 0.05) is 72.7 Å². The molecule has 0 spiro atoms. The van der Waals surface area contributed by atoms with Crippen LogP contribution in [0.25, 0.3) is 85.4 Å². The number of hydrogen-bond acceptors (Lipinski definition) is 2. The summed E-state index contributed by atoms with van der Waals surface area (Å²) in [4.78, 5) is 13.9. The van der Waals surface area contributed by atoms with E-state index in [0.717, 1.165) is 106 Å². The van der Waals surface area contributed by atoms with E-state index in [-0.39, 0.29) is 17.1 Å². The number of nitrogens with zero attached hydrogens (tertiary/aromatic N) is 3. The fourth-order valence-corrected chi connectivity index (χ4v) is 7.33. The minimum Gasteiger partial charge on any atom is -0.355 e. The van der Waals surface area contributed by atoms with E-state index in [1.807, 2.05) is 91.0 Å². The van der Waals surface area contributed by atoms with Gasteiger partial charge in [-0.15, -0.1) is 25.7 Å². The second-order valence-corrected chi connectivity index (χ2v) is 13.4. The summed E-state index contributed by atoms with van der Waals surface area (Å²) in [6, 6.07) is 42.6. The number of aromatic amines is 1. The predicted octanol–water partition coefficient (Wildman–Crippen LogP) is 11.0. The summed E-state index contributed by atoms with van der Waals surface area (Å²) in [7, 11) is 0. The third-order valence-electron chi connectivity index (χ3n) is 9.98. The zero-order chi connectivity index (χ0) is 38.2. The van der Waals surface area contributed by atoms with Crippen molar-refractivity contribution in [3.8, 4) is 88.4 Å². The van der Waals surface area contributed by atoms with Crippen molar-refractivity contribution in [2.75, 3.05) is 0 Å². The van der Waals surface area contributed by atoms with E-state index in [1.54, 1.807) is 0 Å². The van der Waals surface area contributed by atoms with Crippen LogP contribution in [0.2, 0.25) is 0 Å². The summed E-state index contributed by atoms with van der Waals surface area (Å²) in [5, 5.41) is 0. The number of terminal acetylenes is 4. The summed E-state index contributed by atoms with van der Waals surface area (Å²) < 4.78 is 2.29. The summed E-state index contributed by atoms with van der Waals surface area (Å²) in [6.45, 7) is 0. The van der Waals surface area contributed by atoms with Gasteiger partial charge in [0.05, 0.1) is 33.8 Å². The molecule has 0 radical (unpaired) electrons. The maximum Gasteiger partial charge on any atom is 0.0737 e. The number of fused-ring (bicyclic) bond motifs is 8. The molecule has 57 heavy (non-hydrogen) atoms. The zero-order valence-electron chi connectivity index (χ0n) is 30.4. The molecule has 0 amide bonds. The van der Waals surface area contributed by atoms with E-state index in [9.17, 15) is 0 Å². The maximum absolute atomic E-state index is 5.88. The van der Waals surface area contributed by atoms with Gasteiger partial charge in [0.2, 0.25) is 0 Å². The van der Waals surface area contributed by atoms with E-state index in [1.165, 1.54) is 0 Å². The molecule has 8 bridgehead atoms. The molecule has 9 rings (SSSR count). The molecular weight excluding hydrogens is 736 g/mol. The molecule has 0 atom stereocenters. The molecule has 5 heterocycles. The number of aromatic nitrogens is 4. The molecule has 0 saturated carbocycles. The van der Waals surface area contributed by atoms with Crippen LogP contribution in [0.5, 0.6) is 0 Å². The second-order valence-electron chi connectivity index (χ2n) is 13.4. The van der Waals surface area contributed by atoms with Crippen molar-refractivity contribution in [1.29, 1.82) is 0 Å². The topological polar surface area (TPSA) is 46.5 Å². The van der Waals surface area contributed by atoms with Crippen LogP contribution in [0.3, 0.4) is 0 Å². The summed E-state index contributed by atoms with van der Waals surface area (Å²) in [5.74, 6) is 11.1. The van der Waals surface area contributed by atoms with Gasteiger partial charge in [-0.05, 0) is 132 Å². The third kappa shape index (κ3) is 6.79.